The normalized spacial score (nSPS) is 11.2. The van der Waals surface area contributed by atoms with E-state index < -0.39 is 0 Å². The molecule has 18 heteroatoms. The molecular formula is C108H78Ir4N14-4. The van der Waals surface area contributed by atoms with E-state index in [1.54, 1.807) is 0 Å². The summed E-state index contributed by atoms with van der Waals surface area (Å²) in [5.74, 6) is 0. The average molecular weight is 2340 g/mol. The van der Waals surface area contributed by atoms with Gasteiger partial charge in [0.05, 0.1) is 44.7 Å². The third kappa shape index (κ3) is 15.5. The topological polar surface area (TPSA) is 111 Å². The fraction of sp³-hybridized carbons (Fsp3) is 0.0556. The van der Waals surface area contributed by atoms with Crippen LogP contribution in [0.15, 0.2) is 366 Å². The predicted molar refractivity (Wildman–Crippen MR) is 499 cm³/mol. The monoisotopic (exact) mass is 2340 g/mol. The maximum absolute atomic E-state index is 4.56. The Bertz CT molecular complexity index is 7660. The number of aromatic nitrogens is 12. The van der Waals surface area contributed by atoms with Crippen molar-refractivity contribution in [1.82, 2.24) is 56.6 Å². The molecule has 0 aliphatic carbocycles. The Labute approximate surface area is 782 Å². The number of nitrogens with zero attached hydrogens (tertiary/aromatic N) is 14. The van der Waals surface area contributed by atoms with E-state index in [4.69, 9.17) is 0 Å². The molecule has 0 amide bonds. The van der Waals surface area contributed by atoms with Crippen molar-refractivity contribution < 1.29 is 80.4 Å². The van der Waals surface area contributed by atoms with E-state index in [1.807, 2.05) is 116 Å². The van der Waals surface area contributed by atoms with E-state index in [2.05, 4.69) is 382 Å². The first-order valence-electron chi connectivity index (χ1n) is 40.8. The van der Waals surface area contributed by atoms with Crippen molar-refractivity contribution in [3.63, 3.8) is 0 Å². The number of para-hydroxylation sites is 2. The second-order valence-electron chi connectivity index (χ2n) is 31.1. The van der Waals surface area contributed by atoms with Gasteiger partial charge in [0.1, 0.15) is 0 Å². The van der Waals surface area contributed by atoms with Crippen LogP contribution >= 0.6 is 0 Å². The van der Waals surface area contributed by atoms with Crippen LogP contribution in [-0.4, -0.2) is 56.6 Å². The smallest absolute Gasteiger partial charge is 0.0604 e. The van der Waals surface area contributed by atoms with Gasteiger partial charge in [0.25, 0.3) is 0 Å². The zero-order chi connectivity index (χ0) is 82.1. The van der Waals surface area contributed by atoms with E-state index in [0.29, 0.717) is 0 Å². The van der Waals surface area contributed by atoms with Crippen molar-refractivity contribution in [2.24, 2.45) is 0 Å². The Balaban J connectivity index is 0.000000117. The fourth-order valence-corrected chi connectivity index (χ4v) is 17.5. The van der Waals surface area contributed by atoms with Gasteiger partial charge in [0.15, 0.2) is 0 Å². The summed E-state index contributed by atoms with van der Waals surface area (Å²) in [5, 5.41) is 13.5. The van der Waals surface area contributed by atoms with Gasteiger partial charge in [-0.1, -0.05) is 199 Å². The zero-order valence-corrected chi connectivity index (χ0v) is 78.8. The summed E-state index contributed by atoms with van der Waals surface area (Å²) < 4.78 is 12.7. The first kappa shape index (κ1) is 84.7. The SMILES string of the molecule is Cc1ccc(N(c2ccc(C)cc2)c2cc[c-]c3c2ccn2ccnc32)cc1.Cc1ccc(N(c2ccc(C)cc2C)c2cc[c-]c3c2ccn2ccnc32)c(C)c1.[Ir].[Ir].[Ir].[Ir].[c-]1ccc(-c2ccc(-n3c4ccccc4c4ccccc43)cc2)c2ccn3ccnc3c12.[c-]1ccc(-c2ccc(-n3c4ccncc4c4cnccc43)cc2)c2ccn3ccnc3c12. The second kappa shape index (κ2) is 36.0. The molecule has 12 aromatic carbocycles. The van der Waals surface area contributed by atoms with Crippen LogP contribution in [0.4, 0.5) is 34.1 Å². The van der Waals surface area contributed by atoms with Crippen LogP contribution in [0.25, 0.3) is 143 Å². The van der Waals surface area contributed by atoms with E-state index in [9.17, 15) is 0 Å². The molecule has 14 nitrogen and oxygen atoms in total. The van der Waals surface area contributed by atoms with Crippen LogP contribution in [-0.2, 0) is 80.4 Å². The molecule has 24 rings (SSSR count). The molecule has 24 aromatic rings. The number of anilines is 6. The minimum Gasteiger partial charge on any atom is -0.347 e. The molecule has 620 valence electrons. The Morgan fingerprint density at radius 3 is 0.976 bits per heavy atom. The fourth-order valence-electron chi connectivity index (χ4n) is 17.5. The molecule has 4 radical (unpaired) electrons. The van der Waals surface area contributed by atoms with E-state index >= 15 is 0 Å². The molecule has 0 atom stereocenters. The van der Waals surface area contributed by atoms with Crippen LogP contribution in [0, 0.1) is 65.8 Å². The summed E-state index contributed by atoms with van der Waals surface area (Å²) in [6, 6.07) is 108. The minimum absolute atomic E-state index is 0. The first-order chi connectivity index (χ1) is 60.0. The van der Waals surface area contributed by atoms with Crippen molar-refractivity contribution in [2.45, 2.75) is 41.5 Å². The molecule has 0 N–H and O–H groups in total. The van der Waals surface area contributed by atoms with Crippen molar-refractivity contribution >= 4 is 143 Å². The van der Waals surface area contributed by atoms with Gasteiger partial charge < -0.3 is 36.5 Å². The quantitative estimate of drug-likeness (QED) is 0.125. The van der Waals surface area contributed by atoms with Gasteiger partial charge in [-0.15, -0.1) is 83.6 Å². The molecule has 0 saturated heterocycles. The van der Waals surface area contributed by atoms with Crippen molar-refractivity contribution in [2.75, 3.05) is 9.80 Å². The number of fused-ring (bicyclic) bond motifs is 18. The Hall–Kier alpha value is -13.5. The summed E-state index contributed by atoms with van der Waals surface area (Å²) in [5.41, 5.74) is 29.8. The maximum Gasteiger partial charge on any atom is 0.0604 e. The Morgan fingerprint density at radius 1 is 0.262 bits per heavy atom. The van der Waals surface area contributed by atoms with E-state index in [-0.39, 0.29) is 80.4 Å². The molecule has 0 spiro atoms. The summed E-state index contributed by atoms with van der Waals surface area (Å²) in [6.45, 7) is 12.9. The van der Waals surface area contributed by atoms with Crippen LogP contribution in [0.3, 0.4) is 0 Å². The number of pyridine rings is 6. The molecule has 0 aliphatic heterocycles. The number of aryl methyl sites for hydroxylation is 6. The predicted octanol–water partition coefficient (Wildman–Crippen LogP) is 26.2. The van der Waals surface area contributed by atoms with E-state index in [1.165, 1.54) is 83.3 Å². The molecular weight excluding hydrogens is 2260 g/mol. The number of hydrogen-bond donors (Lipinski definition) is 0. The van der Waals surface area contributed by atoms with Gasteiger partial charge in [-0.05, 0) is 185 Å². The molecule has 12 heterocycles. The number of hydrogen-bond acceptors (Lipinski definition) is 8. The first-order valence-corrected chi connectivity index (χ1v) is 40.8. The van der Waals surface area contributed by atoms with Gasteiger partial charge in [-0.3, -0.25) is 29.9 Å². The largest absolute Gasteiger partial charge is 0.347 e. The number of imidazole rings is 4. The molecule has 0 aliphatic rings. The Kier molecular flexibility index (Phi) is 24.2. The third-order valence-corrected chi connectivity index (χ3v) is 23.4. The zero-order valence-electron chi connectivity index (χ0n) is 69.2. The minimum atomic E-state index is 0. The van der Waals surface area contributed by atoms with Crippen LogP contribution < -0.4 is 9.80 Å². The molecule has 126 heavy (non-hydrogen) atoms. The molecule has 0 fully saturated rings. The summed E-state index contributed by atoms with van der Waals surface area (Å²) in [7, 11) is 0. The summed E-state index contributed by atoms with van der Waals surface area (Å²) >= 11 is 0. The molecule has 0 saturated carbocycles. The third-order valence-electron chi connectivity index (χ3n) is 23.4. The van der Waals surface area contributed by atoms with Crippen molar-refractivity contribution in [1.29, 1.82) is 0 Å². The van der Waals surface area contributed by atoms with Gasteiger partial charge in [-0.25, -0.2) is 0 Å². The number of rotatable bonds is 10. The van der Waals surface area contributed by atoms with Gasteiger partial charge >= 0.3 is 0 Å². The average Bonchev–Trinajstić information content (AvgIpc) is 1.59. The molecule has 12 aromatic heterocycles. The summed E-state index contributed by atoms with van der Waals surface area (Å²) in [6.07, 6.45) is 30.9. The van der Waals surface area contributed by atoms with Crippen LogP contribution in [0.1, 0.15) is 33.4 Å². The van der Waals surface area contributed by atoms with Gasteiger partial charge in [0, 0.05) is 210 Å². The second-order valence-corrected chi connectivity index (χ2v) is 31.1. The van der Waals surface area contributed by atoms with Crippen molar-refractivity contribution in [3.05, 3.63) is 424 Å². The van der Waals surface area contributed by atoms with Gasteiger partial charge in [0.2, 0.25) is 0 Å². The summed E-state index contributed by atoms with van der Waals surface area (Å²) in [4.78, 5) is 31.4. The van der Waals surface area contributed by atoms with Crippen molar-refractivity contribution in [3.8, 4) is 33.6 Å². The number of benzene rings is 12. The van der Waals surface area contributed by atoms with Gasteiger partial charge in [-0.2, -0.15) is 0 Å². The molecule has 0 bridgehead atoms. The standard InChI is InChI=1S/C29H18N3.C27H16N5.C27H24N3.C25H20N3.4Ir/c1-3-10-27-24(6-1)25-7-2-4-11-28(25)32(27)21-14-12-20(13-15-21)22-8-5-9-26-23(22)16-18-31-19-17-30-29(26)31;1-2-20(21-10-14-31-15-13-30-27(31)22(21)3-1)18-4-6-19(7-5-18)32-25-8-11-28-16-23(25)24-17-29-12-9-26(24)32;1-18-8-10-24(20(3)16-18)30(25-11-9-19(2)17-21(25)4)26-7-5-6-23-22(26)12-14-29-15-13-28-27(23)29;1-18-6-10-20(11-7-18)28(21-12-8-19(2)9-13-21)24-5-3-4-23-22(24)14-16-27-17-15-26-25(23)27;;;;/h1-8,10-19H;1-2,4-17H;5,7-17H,1-4H3;3,5-17H,1-2H3;;;;/q4*-1;;;;. The van der Waals surface area contributed by atoms with Crippen LogP contribution in [0.5, 0.6) is 0 Å². The van der Waals surface area contributed by atoms with E-state index in [0.717, 1.165) is 127 Å². The Morgan fingerprint density at radius 2 is 0.595 bits per heavy atom. The maximum atomic E-state index is 4.56. The molecule has 0 unspecified atom stereocenters. The van der Waals surface area contributed by atoms with Crippen LogP contribution in [0.2, 0.25) is 0 Å².